The lowest BCUT2D eigenvalue weighted by Gasteiger charge is -2.11. The Morgan fingerprint density at radius 2 is 2.03 bits per heavy atom. The van der Waals surface area contributed by atoms with Gasteiger partial charge in [-0.05, 0) is 63.5 Å². The molecule has 2 N–H and O–H groups in total. The first-order valence-corrected chi connectivity index (χ1v) is 10.9. The maximum atomic E-state index is 12.4. The number of nitrogens with zero attached hydrogens (tertiary/aromatic N) is 3. The van der Waals surface area contributed by atoms with E-state index in [1.807, 2.05) is 54.6 Å². The van der Waals surface area contributed by atoms with Gasteiger partial charge in [0.05, 0.1) is 9.86 Å². The van der Waals surface area contributed by atoms with Crippen LogP contribution < -0.4 is 14.8 Å². The van der Waals surface area contributed by atoms with Crippen molar-refractivity contribution in [1.29, 1.82) is 0 Å². The highest BCUT2D eigenvalue weighted by Crippen LogP contribution is 2.34. The quantitative estimate of drug-likeness (QED) is 0.330. The van der Waals surface area contributed by atoms with Crippen LogP contribution in [0.3, 0.4) is 0 Å². The van der Waals surface area contributed by atoms with Crippen molar-refractivity contribution >= 4 is 43.8 Å². The summed E-state index contributed by atoms with van der Waals surface area (Å²) in [7, 11) is 0. The van der Waals surface area contributed by atoms with E-state index in [4.69, 9.17) is 13.9 Å². The van der Waals surface area contributed by atoms with E-state index in [1.54, 1.807) is 6.92 Å². The van der Waals surface area contributed by atoms with E-state index in [0.717, 1.165) is 26.2 Å². The molecule has 1 amide bonds. The van der Waals surface area contributed by atoms with Crippen LogP contribution in [0, 0.1) is 6.92 Å². The standard InChI is InChI=1S/C23H18BrN5O4/c1-13-22(17-4-2-3-5-18(17)32-13)33-23(30)25-11-14-6-8-16-15(10-14)7-9-19(21(16)24)31-12-20-26-28-29-27-20/h2-10H,11-12H2,1H3,(H,25,30)(H,26,27,28,29). The third-order valence-electron chi connectivity index (χ3n) is 5.08. The van der Waals surface area contributed by atoms with Crippen molar-refractivity contribution in [2.45, 2.75) is 20.1 Å². The zero-order valence-corrected chi connectivity index (χ0v) is 19.0. The largest absolute Gasteiger partial charge is 0.484 e. The second kappa shape index (κ2) is 8.91. The minimum atomic E-state index is -0.545. The fourth-order valence-electron chi connectivity index (χ4n) is 3.50. The zero-order chi connectivity index (χ0) is 22.8. The topological polar surface area (TPSA) is 115 Å². The number of amides is 1. The number of fused-ring (bicyclic) bond motifs is 2. The summed E-state index contributed by atoms with van der Waals surface area (Å²) >= 11 is 3.60. The van der Waals surface area contributed by atoms with Crippen LogP contribution in [-0.2, 0) is 13.2 Å². The Balaban J connectivity index is 1.25. The summed E-state index contributed by atoms with van der Waals surface area (Å²) in [5, 5.41) is 19.2. The number of nitrogens with one attached hydrogen (secondary N) is 2. The van der Waals surface area contributed by atoms with E-state index in [0.29, 0.717) is 35.2 Å². The van der Waals surface area contributed by atoms with Crippen molar-refractivity contribution in [3.63, 3.8) is 0 Å². The number of ether oxygens (including phenoxy) is 2. The number of H-pyrrole nitrogens is 1. The Morgan fingerprint density at radius 1 is 1.15 bits per heavy atom. The maximum Gasteiger partial charge on any atom is 0.413 e. The van der Waals surface area contributed by atoms with Crippen LogP contribution in [0.2, 0.25) is 0 Å². The lowest BCUT2D eigenvalue weighted by Crippen LogP contribution is -2.26. The molecule has 9 nitrogen and oxygen atoms in total. The van der Waals surface area contributed by atoms with E-state index in [9.17, 15) is 4.79 Å². The van der Waals surface area contributed by atoms with Gasteiger partial charge < -0.3 is 19.2 Å². The predicted octanol–water partition coefficient (Wildman–Crippen LogP) is 5.04. The van der Waals surface area contributed by atoms with Crippen LogP contribution in [0.1, 0.15) is 17.1 Å². The zero-order valence-electron chi connectivity index (χ0n) is 17.5. The number of carbonyl (C=O) groups is 1. The molecule has 0 fully saturated rings. The van der Waals surface area contributed by atoms with E-state index < -0.39 is 6.09 Å². The number of furan rings is 1. The molecule has 0 aliphatic rings. The molecule has 0 spiro atoms. The van der Waals surface area contributed by atoms with Crippen molar-refractivity contribution in [1.82, 2.24) is 25.9 Å². The normalized spacial score (nSPS) is 11.1. The molecule has 0 radical (unpaired) electrons. The number of aryl methyl sites for hydroxylation is 1. The fourth-order valence-corrected chi connectivity index (χ4v) is 4.11. The number of carbonyl (C=O) groups excluding carboxylic acids is 1. The smallest absolute Gasteiger partial charge is 0.413 e. The molecule has 2 heterocycles. The summed E-state index contributed by atoms with van der Waals surface area (Å²) < 4.78 is 17.8. The Hall–Kier alpha value is -3.92. The molecule has 5 aromatic rings. The summed E-state index contributed by atoms with van der Waals surface area (Å²) in [4.78, 5) is 12.4. The minimum Gasteiger partial charge on any atom is -0.484 e. The van der Waals surface area contributed by atoms with Crippen LogP contribution >= 0.6 is 15.9 Å². The van der Waals surface area contributed by atoms with Crippen molar-refractivity contribution in [2.24, 2.45) is 0 Å². The molecule has 10 heteroatoms. The van der Waals surface area contributed by atoms with Crippen LogP contribution in [0.5, 0.6) is 11.5 Å². The second-order valence-corrected chi connectivity index (χ2v) is 8.07. The third-order valence-corrected chi connectivity index (χ3v) is 5.89. The Labute approximate surface area is 196 Å². The van der Waals surface area contributed by atoms with Gasteiger partial charge in [-0.25, -0.2) is 4.79 Å². The van der Waals surface area contributed by atoms with Crippen molar-refractivity contribution < 1.29 is 18.7 Å². The number of tetrazole rings is 1. The number of aromatic nitrogens is 4. The first kappa shape index (κ1) is 21.0. The van der Waals surface area contributed by atoms with Gasteiger partial charge in [-0.3, -0.25) is 0 Å². The summed E-state index contributed by atoms with van der Waals surface area (Å²) in [6, 6.07) is 17.2. The highest BCUT2D eigenvalue weighted by molar-refractivity contribution is 9.10. The minimum absolute atomic E-state index is 0.205. The van der Waals surface area contributed by atoms with Gasteiger partial charge in [-0.1, -0.05) is 35.5 Å². The molecule has 2 aromatic heterocycles. The molecule has 0 aliphatic heterocycles. The van der Waals surface area contributed by atoms with Crippen LogP contribution in [0.4, 0.5) is 4.79 Å². The Morgan fingerprint density at radius 3 is 2.88 bits per heavy atom. The number of benzene rings is 3. The molecule has 0 aliphatic carbocycles. The number of aromatic amines is 1. The average Bonchev–Trinajstić information content (AvgIpc) is 3.45. The number of rotatable bonds is 6. The Kier molecular flexibility index (Phi) is 5.66. The first-order valence-electron chi connectivity index (χ1n) is 10.1. The second-order valence-electron chi connectivity index (χ2n) is 7.28. The van der Waals surface area contributed by atoms with Gasteiger partial charge in [-0.15, -0.1) is 10.2 Å². The fraction of sp³-hybridized carbons (Fsp3) is 0.130. The lowest BCUT2D eigenvalue weighted by atomic mass is 10.1. The number of hydrogen-bond donors (Lipinski definition) is 2. The summed E-state index contributed by atoms with van der Waals surface area (Å²) in [5.74, 6) is 2.12. The van der Waals surface area contributed by atoms with Crippen molar-refractivity contribution in [2.75, 3.05) is 0 Å². The lowest BCUT2D eigenvalue weighted by molar-refractivity contribution is 0.199. The molecule has 3 aromatic carbocycles. The maximum absolute atomic E-state index is 12.4. The Bertz CT molecular complexity index is 1450. The molecule has 0 unspecified atom stereocenters. The van der Waals surface area contributed by atoms with Gasteiger partial charge in [0.25, 0.3) is 0 Å². The summed E-state index contributed by atoms with van der Waals surface area (Å²) in [6.07, 6.45) is -0.545. The number of halogens is 1. The highest BCUT2D eigenvalue weighted by atomic mass is 79.9. The summed E-state index contributed by atoms with van der Waals surface area (Å²) in [6.45, 7) is 2.29. The van der Waals surface area contributed by atoms with Gasteiger partial charge >= 0.3 is 6.09 Å². The number of hydrogen-bond acceptors (Lipinski definition) is 7. The highest BCUT2D eigenvalue weighted by Gasteiger charge is 2.15. The third kappa shape index (κ3) is 4.37. The molecule has 0 saturated carbocycles. The van der Waals surface area contributed by atoms with Crippen molar-refractivity contribution in [3.05, 3.63) is 76.2 Å². The van der Waals surface area contributed by atoms with E-state index in [2.05, 4.69) is 41.9 Å². The first-order chi connectivity index (χ1) is 16.1. The number of para-hydroxylation sites is 1. The monoisotopic (exact) mass is 507 g/mol. The molecule has 0 bridgehead atoms. The molecule has 33 heavy (non-hydrogen) atoms. The van der Waals surface area contributed by atoms with Crippen LogP contribution in [0.15, 0.2) is 63.5 Å². The van der Waals surface area contributed by atoms with Gasteiger partial charge in [0.15, 0.2) is 12.4 Å². The molecule has 166 valence electrons. The average molecular weight is 508 g/mol. The molecule has 0 atom stereocenters. The molecular formula is C23H18BrN5O4. The molecule has 0 saturated heterocycles. The van der Waals surface area contributed by atoms with Crippen LogP contribution in [0.25, 0.3) is 21.7 Å². The van der Waals surface area contributed by atoms with Gasteiger partial charge in [-0.2, -0.15) is 5.21 Å². The molecular weight excluding hydrogens is 490 g/mol. The van der Waals surface area contributed by atoms with E-state index >= 15 is 0 Å². The predicted molar refractivity (Wildman–Crippen MR) is 124 cm³/mol. The van der Waals surface area contributed by atoms with Gasteiger partial charge in [0.2, 0.25) is 5.82 Å². The van der Waals surface area contributed by atoms with E-state index in [-0.39, 0.29) is 6.61 Å². The SMILES string of the molecule is Cc1oc2ccccc2c1OC(=O)NCc1ccc2c(Br)c(OCc3nn[nH]n3)ccc2c1. The summed E-state index contributed by atoms with van der Waals surface area (Å²) in [5.41, 5.74) is 1.61. The van der Waals surface area contributed by atoms with Gasteiger partial charge in [0, 0.05) is 6.54 Å². The van der Waals surface area contributed by atoms with E-state index in [1.165, 1.54) is 0 Å². The van der Waals surface area contributed by atoms with Gasteiger partial charge in [0.1, 0.15) is 17.1 Å². The molecule has 5 rings (SSSR count). The van der Waals surface area contributed by atoms with Crippen LogP contribution in [-0.4, -0.2) is 26.7 Å². The van der Waals surface area contributed by atoms with Crippen molar-refractivity contribution in [3.8, 4) is 11.5 Å².